The van der Waals surface area contributed by atoms with Gasteiger partial charge in [0.15, 0.2) is 0 Å². The number of aromatic amines is 1. The zero-order valence-electron chi connectivity index (χ0n) is 12.6. The molecule has 0 saturated carbocycles. The largest absolute Gasteiger partial charge is 0.350 e. The van der Waals surface area contributed by atoms with E-state index >= 15 is 0 Å². The van der Waals surface area contributed by atoms with Crippen LogP contribution in [0.4, 0.5) is 14.7 Å². The first kappa shape index (κ1) is 15.8. The highest BCUT2D eigenvalue weighted by Crippen LogP contribution is 2.08. The smallest absolute Gasteiger partial charge is 0.274 e. The molecule has 0 saturated heterocycles. The number of H-pyrrole nitrogens is 1. The van der Waals surface area contributed by atoms with E-state index in [0.29, 0.717) is 5.56 Å². The molecule has 2 aromatic carbocycles. The summed E-state index contributed by atoms with van der Waals surface area (Å²) in [6, 6.07) is 12.1. The van der Waals surface area contributed by atoms with Crippen molar-refractivity contribution in [2.75, 3.05) is 5.32 Å². The Morgan fingerprint density at radius 1 is 1.00 bits per heavy atom. The van der Waals surface area contributed by atoms with Crippen molar-refractivity contribution in [2.45, 2.75) is 13.0 Å². The van der Waals surface area contributed by atoms with Gasteiger partial charge in [-0.05, 0) is 23.8 Å². The van der Waals surface area contributed by atoms with Crippen molar-refractivity contribution in [1.82, 2.24) is 15.2 Å². The van der Waals surface area contributed by atoms with Gasteiger partial charge in [0.2, 0.25) is 5.95 Å². The molecule has 3 aromatic rings. The molecule has 1 aromatic heterocycles. The minimum atomic E-state index is -0.398. The van der Waals surface area contributed by atoms with E-state index in [2.05, 4.69) is 20.5 Å². The number of benzene rings is 2. The Kier molecular flexibility index (Phi) is 4.60. The number of hydrogen-bond donors (Lipinski definition) is 2. The van der Waals surface area contributed by atoms with Crippen molar-refractivity contribution >= 4 is 5.95 Å². The van der Waals surface area contributed by atoms with Crippen molar-refractivity contribution in [2.24, 2.45) is 0 Å². The van der Waals surface area contributed by atoms with Crippen LogP contribution in [0.15, 0.2) is 53.3 Å². The lowest BCUT2D eigenvalue weighted by molar-refractivity contribution is 0.612. The van der Waals surface area contributed by atoms with Gasteiger partial charge in [0, 0.05) is 18.5 Å². The van der Waals surface area contributed by atoms with E-state index in [-0.39, 0.29) is 36.2 Å². The average Bonchev–Trinajstić information content (AvgIpc) is 2.58. The predicted octanol–water partition coefficient (Wildman–Crippen LogP) is 2.65. The van der Waals surface area contributed by atoms with E-state index in [4.69, 9.17) is 0 Å². The van der Waals surface area contributed by atoms with Crippen LogP contribution < -0.4 is 10.9 Å². The Hall–Kier alpha value is -3.09. The van der Waals surface area contributed by atoms with Crippen LogP contribution >= 0.6 is 0 Å². The van der Waals surface area contributed by atoms with Crippen molar-refractivity contribution in [3.05, 3.63) is 87.3 Å². The Labute approximate surface area is 136 Å². The van der Waals surface area contributed by atoms with Gasteiger partial charge in [-0.3, -0.25) is 9.78 Å². The van der Waals surface area contributed by atoms with Crippen LogP contribution in [0.2, 0.25) is 0 Å². The number of nitrogens with zero attached hydrogens (tertiary/aromatic N) is 2. The maximum Gasteiger partial charge on any atom is 0.274 e. The molecule has 0 unspecified atom stereocenters. The Morgan fingerprint density at radius 3 is 2.46 bits per heavy atom. The summed E-state index contributed by atoms with van der Waals surface area (Å²) >= 11 is 0. The highest BCUT2D eigenvalue weighted by molar-refractivity contribution is 5.28. The van der Waals surface area contributed by atoms with Crippen molar-refractivity contribution in [1.29, 1.82) is 0 Å². The lowest BCUT2D eigenvalue weighted by Gasteiger charge is -2.06. The van der Waals surface area contributed by atoms with E-state index in [0.717, 1.165) is 5.56 Å². The molecule has 5 nitrogen and oxygen atoms in total. The summed E-state index contributed by atoms with van der Waals surface area (Å²) in [7, 11) is 0. The molecule has 0 bridgehead atoms. The van der Waals surface area contributed by atoms with Gasteiger partial charge in [0.25, 0.3) is 5.56 Å². The molecule has 3 rings (SSSR count). The molecule has 1 heterocycles. The maximum absolute atomic E-state index is 13.5. The van der Waals surface area contributed by atoms with E-state index in [1.54, 1.807) is 30.3 Å². The van der Waals surface area contributed by atoms with Crippen molar-refractivity contribution in [3.63, 3.8) is 0 Å². The first-order chi connectivity index (χ1) is 11.6. The molecule has 24 heavy (non-hydrogen) atoms. The molecule has 0 fully saturated rings. The average molecular weight is 328 g/mol. The van der Waals surface area contributed by atoms with Gasteiger partial charge in [0.1, 0.15) is 17.3 Å². The van der Waals surface area contributed by atoms with E-state index in [1.807, 2.05) is 0 Å². The highest BCUT2D eigenvalue weighted by Gasteiger charge is 2.07. The first-order valence-corrected chi connectivity index (χ1v) is 7.29. The fourth-order valence-electron chi connectivity index (χ4n) is 2.17. The number of rotatable bonds is 5. The van der Waals surface area contributed by atoms with E-state index < -0.39 is 5.56 Å². The van der Waals surface area contributed by atoms with Crippen LogP contribution in [0.3, 0.4) is 0 Å². The van der Waals surface area contributed by atoms with E-state index in [1.165, 1.54) is 18.2 Å². The molecule has 0 aliphatic rings. The minimum absolute atomic E-state index is 0.158. The predicted molar refractivity (Wildman–Crippen MR) is 85.6 cm³/mol. The second-order valence-electron chi connectivity index (χ2n) is 5.20. The Bertz CT molecular complexity index is 894. The normalized spacial score (nSPS) is 10.6. The minimum Gasteiger partial charge on any atom is -0.350 e. The van der Waals surface area contributed by atoms with Gasteiger partial charge in [0.05, 0.1) is 0 Å². The third-order valence-electron chi connectivity index (χ3n) is 3.45. The topological polar surface area (TPSA) is 70.7 Å². The van der Waals surface area contributed by atoms with Gasteiger partial charge in [-0.15, -0.1) is 10.2 Å². The summed E-state index contributed by atoms with van der Waals surface area (Å²) < 4.78 is 26.4. The zero-order valence-corrected chi connectivity index (χ0v) is 12.6. The molecule has 2 N–H and O–H groups in total. The summed E-state index contributed by atoms with van der Waals surface area (Å²) in [6.45, 7) is 0.175. The molecule has 122 valence electrons. The molecule has 0 radical (unpaired) electrons. The second-order valence-corrected chi connectivity index (χ2v) is 5.20. The van der Waals surface area contributed by atoms with Gasteiger partial charge in [-0.25, -0.2) is 8.78 Å². The van der Waals surface area contributed by atoms with Crippen LogP contribution in [0, 0.1) is 11.6 Å². The van der Waals surface area contributed by atoms with Gasteiger partial charge in [-0.2, -0.15) is 0 Å². The van der Waals surface area contributed by atoms with Gasteiger partial charge >= 0.3 is 0 Å². The molecule has 0 amide bonds. The highest BCUT2D eigenvalue weighted by atomic mass is 19.1. The summed E-state index contributed by atoms with van der Waals surface area (Å²) in [5.41, 5.74) is 1.03. The zero-order chi connectivity index (χ0) is 16.9. The summed E-state index contributed by atoms with van der Waals surface area (Å²) in [6.07, 6.45) is 0.246. The monoisotopic (exact) mass is 328 g/mol. The molecule has 0 aliphatic heterocycles. The summed E-state index contributed by atoms with van der Waals surface area (Å²) in [4.78, 5) is 14.6. The molecule has 0 spiro atoms. The van der Waals surface area contributed by atoms with Gasteiger partial charge in [-0.1, -0.05) is 30.3 Å². The fourth-order valence-corrected chi connectivity index (χ4v) is 2.17. The number of anilines is 1. The quantitative estimate of drug-likeness (QED) is 0.755. The molecule has 0 atom stereocenters. The number of nitrogens with one attached hydrogen (secondary N) is 2. The van der Waals surface area contributed by atoms with Crippen molar-refractivity contribution in [3.8, 4) is 0 Å². The first-order valence-electron chi connectivity index (χ1n) is 7.29. The summed E-state index contributed by atoms with van der Waals surface area (Å²) in [5.74, 6) is -0.522. The lowest BCUT2D eigenvalue weighted by atomic mass is 10.1. The third kappa shape index (κ3) is 3.81. The van der Waals surface area contributed by atoms with Crippen LogP contribution in [-0.2, 0) is 13.0 Å². The lowest BCUT2D eigenvalue weighted by Crippen LogP contribution is -2.20. The Balaban J connectivity index is 1.69. The number of hydrogen-bond acceptors (Lipinski definition) is 4. The maximum atomic E-state index is 13.5. The van der Waals surface area contributed by atoms with Crippen LogP contribution in [0.1, 0.15) is 16.8 Å². The summed E-state index contributed by atoms with van der Waals surface area (Å²) in [5, 5.41) is 10.6. The van der Waals surface area contributed by atoms with Gasteiger partial charge < -0.3 is 5.32 Å². The SMILES string of the molecule is O=c1[nH]c(NCc2ccccc2F)nnc1Cc1ccc(F)cc1. The third-order valence-corrected chi connectivity index (χ3v) is 3.45. The number of halogens is 2. The molecular formula is C17H14F2N4O. The second kappa shape index (κ2) is 6.99. The van der Waals surface area contributed by atoms with E-state index in [9.17, 15) is 13.6 Å². The molecular weight excluding hydrogens is 314 g/mol. The fraction of sp³-hybridized carbons (Fsp3) is 0.118. The number of aromatic nitrogens is 3. The standard InChI is InChI=1S/C17H14F2N4O/c18-13-7-5-11(6-8-13)9-15-16(24)21-17(23-22-15)20-10-12-3-1-2-4-14(12)19/h1-8H,9-10H2,(H2,20,21,23,24). The molecule has 7 heteroatoms. The van der Waals surface area contributed by atoms with Crippen LogP contribution in [-0.4, -0.2) is 15.2 Å². The van der Waals surface area contributed by atoms with Crippen molar-refractivity contribution < 1.29 is 8.78 Å². The van der Waals surface area contributed by atoms with Crippen LogP contribution in [0.5, 0.6) is 0 Å². The Morgan fingerprint density at radius 2 is 1.75 bits per heavy atom. The molecule has 0 aliphatic carbocycles. The van der Waals surface area contributed by atoms with Crippen LogP contribution in [0.25, 0.3) is 0 Å².